The van der Waals surface area contributed by atoms with Crippen molar-refractivity contribution in [2.75, 3.05) is 45.9 Å². The third kappa shape index (κ3) is 5.05. The zero-order chi connectivity index (χ0) is 18.4. The lowest BCUT2D eigenvalue weighted by molar-refractivity contribution is 0.145. The van der Waals surface area contributed by atoms with Gasteiger partial charge in [-0.3, -0.25) is 0 Å². The Morgan fingerprint density at radius 3 is 2.54 bits per heavy atom. The van der Waals surface area contributed by atoms with Crippen molar-refractivity contribution in [2.24, 2.45) is 5.92 Å². The summed E-state index contributed by atoms with van der Waals surface area (Å²) in [6.45, 7) is 4.94. The molecule has 2 aliphatic heterocycles. The second-order valence-corrected chi connectivity index (χ2v) is 7.13. The van der Waals surface area contributed by atoms with Crippen LogP contribution in [0.5, 0.6) is 0 Å². The molecule has 0 aromatic heterocycles. The van der Waals surface area contributed by atoms with Crippen molar-refractivity contribution in [3.8, 4) is 0 Å². The Morgan fingerprint density at radius 2 is 1.92 bits per heavy atom. The Labute approximate surface area is 154 Å². The monoisotopic (exact) mass is 361 g/mol. The lowest BCUT2D eigenvalue weighted by Gasteiger charge is -2.32. The zero-order valence-electron chi connectivity index (χ0n) is 15.2. The van der Waals surface area contributed by atoms with E-state index in [4.69, 9.17) is 5.11 Å². The van der Waals surface area contributed by atoms with Gasteiger partial charge in [-0.05, 0) is 61.5 Å². The van der Waals surface area contributed by atoms with E-state index in [1.807, 2.05) is 4.90 Å². The number of rotatable bonds is 5. The van der Waals surface area contributed by atoms with Gasteiger partial charge in [0.25, 0.3) is 0 Å². The fraction of sp³-hybridized carbons (Fsp3) is 0.550. The number of nitrogens with zero attached hydrogens (tertiary/aromatic N) is 2. The summed E-state index contributed by atoms with van der Waals surface area (Å²) in [5, 5.41) is 12.1. The quantitative estimate of drug-likeness (QED) is 0.846. The van der Waals surface area contributed by atoms with Gasteiger partial charge in [0.2, 0.25) is 0 Å². The average Bonchev–Trinajstić information content (AvgIpc) is 2.68. The highest BCUT2D eigenvalue weighted by atomic mass is 19.1. The number of benzene rings is 1. The second kappa shape index (κ2) is 9.14. The van der Waals surface area contributed by atoms with Crippen LogP contribution in [0.3, 0.4) is 0 Å². The number of nitrogens with one attached hydrogen (secondary N) is 1. The predicted octanol–water partition coefficient (Wildman–Crippen LogP) is 2.33. The topological polar surface area (TPSA) is 55.8 Å². The molecule has 0 atom stereocenters. The van der Waals surface area contributed by atoms with E-state index in [2.05, 4.69) is 16.3 Å². The van der Waals surface area contributed by atoms with Gasteiger partial charge >= 0.3 is 6.03 Å². The minimum absolute atomic E-state index is 0.00260. The van der Waals surface area contributed by atoms with Gasteiger partial charge < -0.3 is 20.2 Å². The molecular weight excluding hydrogens is 333 g/mol. The van der Waals surface area contributed by atoms with Crippen molar-refractivity contribution < 1.29 is 14.3 Å². The van der Waals surface area contributed by atoms with Gasteiger partial charge in [-0.25, -0.2) is 9.18 Å². The number of carbonyl (C=O) groups excluding carboxylic acids is 1. The van der Waals surface area contributed by atoms with Crippen molar-refractivity contribution >= 4 is 11.6 Å². The fourth-order valence-corrected chi connectivity index (χ4v) is 3.68. The number of carbonyl (C=O) groups is 1. The highest BCUT2D eigenvalue weighted by molar-refractivity contribution is 5.76. The summed E-state index contributed by atoms with van der Waals surface area (Å²) in [7, 11) is 0. The first kappa shape index (κ1) is 18.9. The van der Waals surface area contributed by atoms with Gasteiger partial charge in [0.15, 0.2) is 0 Å². The SMILES string of the molecule is O=C(NCC1CCN(CCO)CC1)N1CC=C(c2ccc(F)cc2)CC1. The number of aliphatic hydroxyl groups excluding tert-OH is 1. The molecule has 1 fully saturated rings. The summed E-state index contributed by atoms with van der Waals surface area (Å²) >= 11 is 0. The van der Waals surface area contributed by atoms with Crippen LogP contribution in [0.4, 0.5) is 9.18 Å². The Balaban J connectivity index is 1.42. The van der Waals surface area contributed by atoms with Crippen LogP contribution in [0.15, 0.2) is 30.3 Å². The van der Waals surface area contributed by atoms with Crippen LogP contribution < -0.4 is 5.32 Å². The van der Waals surface area contributed by atoms with Crippen molar-refractivity contribution in [1.82, 2.24) is 15.1 Å². The maximum absolute atomic E-state index is 13.0. The maximum Gasteiger partial charge on any atom is 0.317 e. The summed E-state index contributed by atoms with van der Waals surface area (Å²) < 4.78 is 13.0. The number of likely N-dealkylation sites (tertiary alicyclic amines) is 1. The van der Waals surface area contributed by atoms with Crippen LogP contribution in [0.2, 0.25) is 0 Å². The first-order valence-corrected chi connectivity index (χ1v) is 9.46. The Bertz CT molecular complexity index is 624. The molecule has 1 aromatic rings. The summed E-state index contributed by atoms with van der Waals surface area (Å²) in [5.74, 6) is 0.289. The highest BCUT2D eigenvalue weighted by Gasteiger charge is 2.22. The first-order valence-electron chi connectivity index (χ1n) is 9.46. The Hall–Kier alpha value is -1.92. The average molecular weight is 361 g/mol. The van der Waals surface area contributed by atoms with Gasteiger partial charge in [-0.15, -0.1) is 0 Å². The van der Waals surface area contributed by atoms with Gasteiger partial charge in [0.1, 0.15) is 5.82 Å². The minimum Gasteiger partial charge on any atom is -0.395 e. The summed E-state index contributed by atoms with van der Waals surface area (Å²) in [6.07, 6.45) is 4.98. The Kier molecular flexibility index (Phi) is 6.63. The third-order valence-corrected chi connectivity index (χ3v) is 5.38. The van der Waals surface area contributed by atoms with Crippen LogP contribution in [-0.2, 0) is 0 Å². The molecule has 0 radical (unpaired) electrons. The molecule has 1 aromatic carbocycles. The molecule has 0 saturated carbocycles. The van der Waals surface area contributed by atoms with Gasteiger partial charge in [-0.2, -0.15) is 0 Å². The highest BCUT2D eigenvalue weighted by Crippen LogP contribution is 2.22. The van der Waals surface area contributed by atoms with Crippen molar-refractivity contribution in [2.45, 2.75) is 19.3 Å². The molecule has 2 N–H and O–H groups in total. The molecule has 2 amide bonds. The summed E-state index contributed by atoms with van der Waals surface area (Å²) in [4.78, 5) is 16.5. The fourth-order valence-electron chi connectivity index (χ4n) is 3.68. The van der Waals surface area contributed by atoms with E-state index in [0.29, 0.717) is 19.0 Å². The van der Waals surface area contributed by atoms with E-state index >= 15 is 0 Å². The lowest BCUT2D eigenvalue weighted by atomic mass is 9.97. The van der Waals surface area contributed by atoms with Crippen LogP contribution >= 0.6 is 0 Å². The molecule has 6 heteroatoms. The molecule has 3 rings (SSSR count). The van der Waals surface area contributed by atoms with Crippen LogP contribution in [0.1, 0.15) is 24.8 Å². The molecule has 0 spiro atoms. The number of β-amino-alcohol motifs (C(OH)–C–C–N with tert-alkyl or cyclic N) is 1. The number of hydrogen-bond acceptors (Lipinski definition) is 3. The third-order valence-electron chi connectivity index (χ3n) is 5.38. The maximum atomic E-state index is 13.0. The van der Waals surface area contributed by atoms with E-state index in [1.54, 1.807) is 12.1 Å². The standard InChI is InChI=1S/C20H28FN3O2/c21-19-3-1-17(2-4-19)18-7-11-24(12-8-18)20(26)22-15-16-5-9-23(10-6-16)13-14-25/h1-4,7,16,25H,5-6,8-15H2,(H,22,26). The number of hydrogen-bond donors (Lipinski definition) is 2. The van der Waals surface area contributed by atoms with Crippen molar-refractivity contribution in [3.05, 3.63) is 41.7 Å². The number of urea groups is 1. The molecule has 2 aliphatic rings. The molecule has 0 unspecified atom stereocenters. The molecule has 5 nitrogen and oxygen atoms in total. The zero-order valence-corrected chi connectivity index (χ0v) is 15.2. The van der Waals surface area contributed by atoms with Gasteiger partial charge in [0.05, 0.1) is 6.61 Å². The molecule has 0 aliphatic carbocycles. The van der Waals surface area contributed by atoms with Gasteiger partial charge in [-0.1, -0.05) is 18.2 Å². The Morgan fingerprint density at radius 1 is 1.19 bits per heavy atom. The van der Waals surface area contributed by atoms with E-state index in [9.17, 15) is 9.18 Å². The first-order chi connectivity index (χ1) is 12.7. The molecule has 1 saturated heterocycles. The van der Waals surface area contributed by atoms with Crippen LogP contribution in [-0.4, -0.2) is 66.8 Å². The van der Waals surface area contributed by atoms with Crippen molar-refractivity contribution in [1.29, 1.82) is 0 Å². The molecule has 2 heterocycles. The number of halogens is 1. The minimum atomic E-state index is -0.228. The normalized spacial score (nSPS) is 19.3. The molecule has 142 valence electrons. The number of aliphatic hydroxyl groups is 1. The van der Waals surface area contributed by atoms with E-state index < -0.39 is 0 Å². The molecule has 26 heavy (non-hydrogen) atoms. The molecule has 0 bridgehead atoms. The lowest BCUT2D eigenvalue weighted by Crippen LogP contribution is -2.45. The number of piperidine rings is 1. The largest absolute Gasteiger partial charge is 0.395 e. The van der Waals surface area contributed by atoms with Crippen LogP contribution in [0, 0.1) is 11.7 Å². The summed E-state index contributed by atoms with van der Waals surface area (Å²) in [6, 6.07) is 6.53. The van der Waals surface area contributed by atoms with E-state index in [1.165, 1.54) is 17.7 Å². The van der Waals surface area contributed by atoms with E-state index in [-0.39, 0.29) is 18.5 Å². The van der Waals surface area contributed by atoms with Crippen LogP contribution in [0.25, 0.3) is 5.57 Å². The van der Waals surface area contributed by atoms with Crippen molar-refractivity contribution in [3.63, 3.8) is 0 Å². The summed E-state index contributed by atoms with van der Waals surface area (Å²) in [5.41, 5.74) is 2.20. The smallest absolute Gasteiger partial charge is 0.317 e. The number of amides is 2. The van der Waals surface area contributed by atoms with E-state index in [0.717, 1.165) is 51.0 Å². The second-order valence-electron chi connectivity index (χ2n) is 7.13. The molecular formula is C20H28FN3O2. The van der Waals surface area contributed by atoms with Gasteiger partial charge in [0, 0.05) is 26.2 Å². The predicted molar refractivity (Wildman–Crippen MR) is 100 cm³/mol.